The largest absolute Gasteiger partial charge is 0.338 e. The minimum Gasteiger partial charge on any atom is -0.338 e. The molecule has 1 heterocycles. The van der Waals surface area contributed by atoms with Crippen molar-refractivity contribution >= 4 is 5.69 Å². The zero-order valence-corrected chi connectivity index (χ0v) is 18.7. The van der Waals surface area contributed by atoms with E-state index in [9.17, 15) is 5.26 Å². The number of para-hydroxylation sites is 1. The first-order valence-electron chi connectivity index (χ1n) is 8.98. The van der Waals surface area contributed by atoms with E-state index < -0.39 is 0 Å². The van der Waals surface area contributed by atoms with Crippen LogP contribution in [0.15, 0.2) is 42.6 Å². The van der Waals surface area contributed by atoms with Gasteiger partial charge in [-0.3, -0.25) is 9.83 Å². The Morgan fingerprint density at radius 3 is 2.32 bits per heavy atom. The smallest absolute Gasteiger partial charge is 0.148 e. The van der Waals surface area contributed by atoms with Gasteiger partial charge in [-0.2, -0.15) is 11.3 Å². The molecule has 3 aromatic rings. The molecule has 0 saturated heterocycles. The number of nitriles is 1. The monoisotopic (exact) mass is 546 g/mol. The molecule has 0 N–H and O–H groups in total. The van der Waals surface area contributed by atoms with E-state index in [2.05, 4.69) is 67.9 Å². The Kier molecular flexibility index (Phi) is 6.92. The number of hydrogen-bond donors (Lipinski definition) is 0. The van der Waals surface area contributed by atoms with Gasteiger partial charge in [0.15, 0.2) is 0 Å². The molecule has 0 bridgehead atoms. The molecular formula is C23H21IrN4-. The van der Waals surface area contributed by atoms with E-state index in [1.807, 2.05) is 4.57 Å². The topological polar surface area (TPSA) is 46.0 Å². The van der Waals surface area contributed by atoms with E-state index >= 15 is 0 Å². The average Bonchev–Trinajstić information content (AvgIpc) is 3.11. The summed E-state index contributed by atoms with van der Waals surface area (Å²) in [5, 5.41) is 9.44. The van der Waals surface area contributed by atoms with Gasteiger partial charge >= 0.3 is 0 Å². The fraction of sp³-hybridized carbons (Fsp3) is 0.261. The summed E-state index contributed by atoms with van der Waals surface area (Å²) >= 11 is 0. The van der Waals surface area contributed by atoms with Crippen molar-refractivity contribution in [3.63, 3.8) is 0 Å². The SMILES string of the molecule is [C-]#[N+]c1cc[c-]c(-c2nc(C#N)cn2-c2c(C(C)C)cccc2C(C)C)c1.[Ir]. The van der Waals surface area contributed by atoms with E-state index in [1.165, 1.54) is 11.1 Å². The summed E-state index contributed by atoms with van der Waals surface area (Å²) in [6.07, 6.45) is 1.78. The van der Waals surface area contributed by atoms with Crippen LogP contribution in [-0.2, 0) is 20.1 Å². The molecule has 0 amide bonds. The second-order valence-corrected chi connectivity index (χ2v) is 7.10. The molecule has 1 radical (unpaired) electrons. The summed E-state index contributed by atoms with van der Waals surface area (Å²) in [6.45, 7) is 15.9. The maximum Gasteiger partial charge on any atom is 0.148 e. The molecule has 0 saturated carbocycles. The standard InChI is InChI=1S/C23H21N4.Ir/c1-15(2)20-10-7-11-21(16(3)4)22(20)27-14-19(13-24)26-23(27)17-8-6-9-18(12-17)25-5;/h6-7,9-12,14-16H,1-4H3;/q-1;. The van der Waals surface area contributed by atoms with Crippen LogP contribution < -0.4 is 0 Å². The zero-order valence-electron chi connectivity index (χ0n) is 16.3. The molecule has 3 rings (SSSR count). The molecule has 2 aromatic carbocycles. The van der Waals surface area contributed by atoms with Gasteiger partial charge in [-0.25, -0.2) is 0 Å². The van der Waals surface area contributed by atoms with Crippen LogP contribution in [-0.4, -0.2) is 9.55 Å². The van der Waals surface area contributed by atoms with Crippen LogP contribution in [0.2, 0.25) is 0 Å². The minimum atomic E-state index is 0. The summed E-state index contributed by atoms with van der Waals surface area (Å²) < 4.78 is 1.99. The molecule has 5 heteroatoms. The van der Waals surface area contributed by atoms with Crippen LogP contribution >= 0.6 is 0 Å². The van der Waals surface area contributed by atoms with Gasteiger partial charge < -0.3 is 4.57 Å². The van der Waals surface area contributed by atoms with Crippen LogP contribution in [0.3, 0.4) is 0 Å². The number of hydrogen-bond acceptors (Lipinski definition) is 2. The first kappa shape index (κ1) is 21.6. The molecule has 0 spiro atoms. The summed E-state index contributed by atoms with van der Waals surface area (Å²) in [6, 6.07) is 16.9. The zero-order chi connectivity index (χ0) is 19.6. The van der Waals surface area contributed by atoms with Crippen molar-refractivity contribution in [2.45, 2.75) is 39.5 Å². The maximum atomic E-state index is 9.44. The van der Waals surface area contributed by atoms with Crippen molar-refractivity contribution in [3.05, 3.63) is 76.9 Å². The first-order chi connectivity index (χ1) is 13.0. The van der Waals surface area contributed by atoms with Crippen LogP contribution in [0.5, 0.6) is 0 Å². The van der Waals surface area contributed by atoms with Crippen molar-refractivity contribution in [3.8, 4) is 23.1 Å². The fourth-order valence-corrected chi connectivity index (χ4v) is 3.24. The van der Waals surface area contributed by atoms with Crippen molar-refractivity contribution in [2.75, 3.05) is 0 Å². The van der Waals surface area contributed by atoms with Gasteiger partial charge in [0.2, 0.25) is 0 Å². The Bertz CT molecular complexity index is 1040. The van der Waals surface area contributed by atoms with E-state index in [4.69, 9.17) is 6.57 Å². The van der Waals surface area contributed by atoms with Gasteiger partial charge in [0, 0.05) is 32.0 Å². The number of rotatable bonds is 4. The maximum absolute atomic E-state index is 9.44. The molecule has 28 heavy (non-hydrogen) atoms. The summed E-state index contributed by atoms with van der Waals surface area (Å²) in [7, 11) is 0. The van der Waals surface area contributed by atoms with Crippen LogP contribution in [0.4, 0.5) is 5.69 Å². The summed E-state index contributed by atoms with van der Waals surface area (Å²) in [4.78, 5) is 8.02. The molecule has 0 unspecified atom stereocenters. The third kappa shape index (κ3) is 4.07. The number of benzene rings is 2. The average molecular weight is 546 g/mol. The van der Waals surface area contributed by atoms with Gasteiger partial charge in [0.05, 0.1) is 12.4 Å². The molecule has 143 valence electrons. The third-order valence-electron chi connectivity index (χ3n) is 4.56. The summed E-state index contributed by atoms with van der Waals surface area (Å²) in [5.41, 5.74) is 5.04. The van der Waals surface area contributed by atoms with E-state index in [0.29, 0.717) is 34.6 Å². The van der Waals surface area contributed by atoms with Crippen LogP contribution in [0.1, 0.15) is 56.4 Å². The number of imidazole rings is 1. The Morgan fingerprint density at radius 2 is 1.79 bits per heavy atom. The molecule has 0 aliphatic rings. The van der Waals surface area contributed by atoms with Crippen molar-refractivity contribution in [1.29, 1.82) is 5.26 Å². The van der Waals surface area contributed by atoms with Gasteiger partial charge in [0.1, 0.15) is 17.5 Å². The van der Waals surface area contributed by atoms with E-state index in [-0.39, 0.29) is 20.1 Å². The first-order valence-corrected chi connectivity index (χ1v) is 8.98. The predicted octanol–water partition coefficient (Wildman–Crippen LogP) is 6.01. The second kappa shape index (κ2) is 8.98. The number of aromatic nitrogens is 2. The molecule has 0 atom stereocenters. The van der Waals surface area contributed by atoms with Gasteiger partial charge in [-0.05, 0) is 23.0 Å². The van der Waals surface area contributed by atoms with Crippen LogP contribution in [0, 0.1) is 24.0 Å². The van der Waals surface area contributed by atoms with Gasteiger partial charge in [0.25, 0.3) is 0 Å². The molecule has 1 aromatic heterocycles. The molecular weight excluding hydrogens is 524 g/mol. The van der Waals surface area contributed by atoms with Crippen molar-refractivity contribution in [1.82, 2.24) is 9.55 Å². The minimum absolute atomic E-state index is 0. The molecule has 0 aliphatic heterocycles. The van der Waals surface area contributed by atoms with Crippen molar-refractivity contribution in [2.24, 2.45) is 0 Å². The fourth-order valence-electron chi connectivity index (χ4n) is 3.24. The second-order valence-electron chi connectivity index (χ2n) is 7.10. The van der Waals surface area contributed by atoms with Crippen molar-refractivity contribution < 1.29 is 20.1 Å². The Morgan fingerprint density at radius 1 is 1.14 bits per heavy atom. The molecule has 4 nitrogen and oxygen atoms in total. The van der Waals surface area contributed by atoms with Crippen LogP contribution in [0.25, 0.3) is 21.9 Å². The Balaban J connectivity index is 0.00000280. The third-order valence-corrected chi connectivity index (χ3v) is 4.56. The normalized spacial score (nSPS) is 10.4. The number of nitrogens with zero attached hydrogens (tertiary/aromatic N) is 4. The van der Waals surface area contributed by atoms with Gasteiger partial charge in [-0.1, -0.05) is 45.9 Å². The predicted molar refractivity (Wildman–Crippen MR) is 107 cm³/mol. The molecule has 0 fully saturated rings. The van der Waals surface area contributed by atoms with E-state index in [0.717, 1.165) is 5.69 Å². The Labute approximate surface area is 180 Å². The van der Waals surface area contributed by atoms with Gasteiger partial charge in [-0.15, -0.1) is 23.8 Å². The molecule has 0 aliphatic carbocycles. The summed E-state index contributed by atoms with van der Waals surface area (Å²) in [5.74, 6) is 1.27. The van der Waals surface area contributed by atoms with E-state index in [1.54, 1.807) is 24.4 Å². The quantitative estimate of drug-likeness (QED) is 0.377. The Hall–Kier alpha value is -2.72.